The Morgan fingerprint density at radius 1 is 0.739 bits per heavy atom. The van der Waals surface area contributed by atoms with E-state index in [0.717, 1.165) is 75.5 Å². The number of quaternary nitrogens is 1. The molecule has 0 rings (SSSR count). The molecule has 0 radical (unpaired) electrons. The highest BCUT2D eigenvalue weighted by Gasteiger charge is 2.40. The van der Waals surface area contributed by atoms with Crippen molar-refractivity contribution in [3.05, 3.63) is 0 Å². The van der Waals surface area contributed by atoms with Crippen molar-refractivity contribution in [1.29, 1.82) is 0 Å². The van der Waals surface area contributed by atoms with Crippen LogP contribution in [-0.2, 0) is 4.79 Å². The molecule has 0 aliphatic carbocycles. The number of nitrogens with zero attached hydrogens (tertiary/aromatic N) is 1. The van der Waals surface area contributed by atoms with E-state index in [2.05, 4.69) is 27.7 Å². The Morgan fingerprint density at radius 2 is 1.17 bits per heavy atom. The van der Waals surface area contributed by atoms with Gasteiger partial charge >= 0.3 is 5.97 Å². The number of carboxylic acids is 1. The Kier molecular flexibility index (Phi) is 13.5. The van der Waals surface area contributed by atoms with Crippen molar-refractivity contribution in [1.82, 2.24) is 0 Å². The van der Waals surface area contributed by atoms with Crippen LogP contribution in [0, 0.1) is 0 Å². The van der Waals surface area contributed by atoms with Crippen molar-refractivity contribution in [2.45, 2.75) is 104 Å². The van der Waals surface area contributed by atoms with E-state index in [0.29, 0.717) is 0 Å². The standard InChI is InChI=1S/C20H41NO2/c1-5-9-13-14-15-19(20(22)23)21(16-10-6-2,17-11-7-3)18-12-8-4/h19H,5-18H2,1-4H3/p+1. The molecule has 1 atom stereocenters. The van der Waals surface area contributed by atoms with Gasteiger partial charge < -0.3 is 9.59 Å². The van der Waals surface area contributed by atoms with Gasteiger partial charge in [-0.15, -0.1) is 0 Å². The van der Waals surface area contributed by atoms with Gasteiger partial charge in [0.25, 0.3) is 0 Å². The maximum atomic E-state index is 12.1. The van der Waals surface area contributed by atoms with Gasteiger partial charge in [-0.2, -0.15) is 0 Å². The third kappa shape index (κ3) is 8.74. The molecule has 0 saturated carbocycles. The van der Waals surface area contributed by atoms with Gasteiger partial charge in [-0.3, -0.25) is 0 Å². The van der Waals surface area contributed by atoms with E-state index in [-0.39, 0.29) is 6.04 Å². The average molecular weight is 329 g/mol. The Bertz CT molecular complexity index is 270. The fraction of sp³-hybridized carbons (Fsp3) is 0.950. The lowest BCUT2D eigenvalue weighted by Gasteiger charge is -2.43. The van der Waals surface area contributed by atoms with E-state index >= 15 is 0 Å². The van der Waals surface area contributed by atoms with Crippen molar-refractivity contribution in [2.75, 3.05) is 19.6 Å². The lowest BCUT2D eigenvalue weighted by molar-refractivity contribution is -0.944. The number of carboxylic acid groups (broad SMARTS) is 1. The molecule has 0 fully saturated rings. The molecular weight excluding hydrogens is 286 g/mol. The fourth-order valence-corrected chi connectivity index (χ4v) is 3.62. The molecule has 0 heterocycles. The van der Waals surface area contributed by atoms with Crippen molar-refractivity contribution < 1.29 is 14.4 Å². The van der Waals surface area contributed by atoms with Crippen LogP contribution in [0.15, 0.2) is 0 Å². The first-order chi connectivity index (χ1) is 11.1. The van der Waals surface area contributed by atoms with E-state index in [9.17, 15) is 9.90 Å². The number of rotatable bonds is 16. The predicted molar refractivity (Wildman–Crippen MR) is 99.8 cm³/mol. The topological polar surface area (TPSA) is 37.3 Å². The van der Waals surface area contributed by atoms with Crippen LogP contribution < -0.4 is 0 Å². The minimum absolute atomic E-state index is 0.198. The van der Waals surface area contributed by atoms with Gasteiger partial charge in [0.1, 0.15) is 0 Å². The normalized spacial score (nSPS) is 13.2. The monoisotopic (exact) mass is 328 g/mol. The quantitative estimate of drug-likeness (QED) is 0.294. The van der Waals surface area contributed by atoms with Crippen LogP contribution in [0.4, 0.5) is 0 Å². The summed E-state index contributed by atoms with van der Waals surface area (Å²) in [5.74, 6) is -0.565. The summed E-state index contributed by atoms with van der Waals surface area (Å²) in [6, 6.07) is -0.198. The maximum Gasteiger partial charge on any atom is 0.362 e. The van der Waals surface area contributed by atoms with Gasteiger partial charge in [0, 0.05) is 6.42 Å². The SMILES string of the molecule is CCCCCCC(C(=O)O)[N+](CCCC)(CCCC)CCCC. The van der Waals surface area contributed by atoms with E-state index < -0.39 is 5.97 Å². The summed E-state index contributed by atoms with van der Waals surface area (Å²) in [5, 5.41) is 9.95. The molecule has 0 aliphatic heterocycles. The molecule has 0 aromatic heterocycles. The highest BCUT2D eigenvalue weighted by Crippen LogP contribution is 2.24. The molecule has 138 valence electrons. The van der Waals surface area contributed by atoms with Crippen LogP contribution in [0.25, 0.3) is 0 Å². The molecular formula is C20H42NO2+. The number of unbranched alkanes of at least 4 members (excludes halogenated alkanes) is 6. The predicted octanol–water partition coefficient (Wildman–Crippen LogP) is 5.63. The number of aliphatic carboxylic acids is 1. The summed E-state index contributed by atoms with van der Waals surface area (Å²) in [4.78, 5) is 12.1. The van der Waals surface area contributed by atoms with Crippen LogP contribution in [0.5, 0.6) is 0 Å². The average Bonchev–Trinajstić information content (AvgIpc) is 2.55. The summed E-state index contributed by atoms with van der Waals surface area (Å²) in [7, 11) is 0. The second-order valence-corrected chi connectivity index (χ2v) is 7.15. The smallest absolute Gasteiger partial charge is 0.362 e. The van der Waals surface area contributed by atoms with Crippen LogP contribution in [-0.4, -0.2) is 41.2 Å². The zero-order chi connectivity index (χ0) is 17.6. The van der Waals surface area contributed by atoms with Crippen LogP contribution in [0.3, 0.4) is 0 Å². The lowest BCUT2D eigenvalue weighted by Crippen LogP contribution is -2.60. The van der Waals surface area contributed by atoms with E-state index in [4.69, 9.17) is 0 Å². The molecule has 0 aromatic carbocycles. The summed E-state index contributed by atoms with van der Waals surface area (Å²) in [6.07, 6.45) is 12.4. The zero-order valence-corrected chi connectivity index (χ0v) is 16.3. The van der Waals surface area contributed by atoms with Gasteiger partial charge in [0.15, 0.2) is 6.04 Å². The molecule has 0 amide bonds. The van der Waals surface area contributed by atoms with E-state index in [1.807, 2.05) is 0 Å². The summed E-state index contributed by atoms with van der Waals surface area (Å²) >= 11 is 0. The third-order valence-corrected chi connectivity index (χ3v) is 5.15. The van der Waals surface area contributed by atoms with Crippen molar-refractivity contribution in [3.63, 3.8) is 0 Å². The minimum atomic E-state index is -0.565. The van der Waals surface area contributed by atoms with Gasteiger partial charge in [-0.25, -0.2) is 4.79 Å². The maximum absolute atomic E-state index is 12.1. The molecule has 0 aliphatic rings. The fourth-order valence-electron chi connectivity index (χ4n) is 3.62. The molecule has 3 heteroatoms. The molecule has 0 saturated heterocycles. The van der Waals surface area contributed by atoms with Crippen LogP contribution >= 0.6 is 0 Å². The second-order valence-electron chi connectivity index (χ2n) is 7.15. The largest absolute Gasteiger partial charge is 0.477 e. The highest BCUT2D eigenvalue weighted by atomic mass is 16.4. The Labute approximate surface area is 145 Å². The van der Waals surface area contributed by atoms with Crippen LogP contribution in [0.2, 0.25) is 0 Å². The summed E-state index contributed by atoms with van der Waals surface area (Å²) in [5.41, 5.74) is 0. The Hall–Kier alpha value is -0.570. The molecule has 3 nitrogen and oxygen atoms in total. The number of carbonyl (C=O) groups is 1. The Balaban J connectivity index is 5.16. The lowest BCUT2D eigenvalue weighted by atomic mass is 10.0. The molecule has 1 unspecified atom stereocenters. The zero-order valence-electron chi connectivity index (χ0n) is 16.3. The van der Waals surface area contributed by atoms with Gasteiger partial charge in [0.2, 0.25) is 0 Å². The van der Waals surface area contributed by atoms with Crippen molar-refractivity contribution in [3.8, 4) is 0 Å². The molecule has 0 aromatic rings. The van der Waals surface area contributed by atoms with Crippen molar-refractivity contribution >= 4 is 5.97 Å². The second kappa shape index (κ2) is 13.8. The molecule has 0 spiro atoms. The minimum Gasteiger partial charge on any atom is -0.477 e. The summed E-state index contributed by atoms with van der Waals surface area (Å²) in [6.45, 7) is 12.0. The first-order valence-corrected chi connectivity index (χ1v) is 10.2. The molecule has 23 heavy (non-hydrogen) atoms. The van der Waals surface area contributed by atoms with E-state index in [1.54, 1.807) is 0 Å². The van der Waals surface area contributed by atoms with E-state index in [1.165, 1.54) is 19.3 Å². The highest BCUT2D eigenvalue weighted by molar-refractivity contribution is 5.72. The Morgan fingerprint density at radius 3 is 1.52 bits per heavy atom. The molecule has 1 N–H and O–H groups in total. The van der Waals surface area contributed by atoms with Gasteiger partial charge in [-0.1, -0.05) is 66.2 Å². The third-order valence-electron chi connectivity index (χ3n) is 5.15. The number of hydrogen-bond donors (Lipinski definition) is 1. The number of hydrogen-bond acceptors (Lipinski definition) is 1. The summed E-state index contributed by atoms with van der Waals surface area (Å²) < 4.78 is 0.830. The van der Waals surface area contributed by atoms with Gasteiger partial charge in [-0.05, 0) is 25.7 Å². The van der Waals surface area contributed by atoms with Gasteiger partial charge in [0.05, 0.1) is 19.6 Å². The molecule has 0 bridgehead atoms. The first kappa shape index (κ1) is 22.4. The van der Waals surface area contributed by atoms with Crippen LogP contribution in [0.1, 0.15) is 98.3 Å². The first-order valence-electron chi connectivity index (χ1n) is 10.2. The van der Waals surface area contributed by atoms with Crippen molar-refractivity contribution in [2.24, 2.45) is 0 Å².